The van der Waals surface area contributed by atoms with Gasteiger partial charge in [-0.1, -0.05) is 20.3 Å². The van der Waals surface area contributed by atoms with Crippen molar-refractivity contribution in [1.82, 2.24) is 9.55 Å². The summed E-state index contributed by atoms with van der Waals surface area (Å²) in [4.78, 5) is 38.3. The van der Waals surface area contributed by atoms with Gasteiger partial charge in [-0.25, -0.2) is 4.98 Å². The molecule has 0 spiro atoms. The van der Waals surface area contributed by atoms with Gasteiger partial charge < -0.3 is 34.4 Å². The summed E-state index contributed by atoms with van der Waals surface area (Å²) in [6.07, 6.45) is 5.56. The van der Waals surface area contributed by atoms with Crippen LogP contribution in [0, 0.1) is 0 Å². The van der Waals surface area contributed by atoms with Crippen LogP contribution >= 0.6 is 11.8 Å². The summed E-state index contributed by atoms with van der Waals surface area (Å²) in [5, 5.41) is 11.3. The molecule has 4 heterocycles. The number of hydrogen-bond donors (Lipinski definition) is 2. The van der Waals surface area contributed by atoms with Crippen molar-refractivity contribution >= 4 is 35.4 Å². The van der Waals surface area contributed by atoms with Gasteiger partial charge in [-0.15, -0.1) is 0 Å². The van der Waals surface area contributed by atoms with E-state index >= 15 is 0 Å². The average Bonchev–Trinajstić information content (AvgIpc) is 3.55. The third kappa shape index (κ3) is 6.48. The number of aromatic nitrogens is 2. The molecule has 0 radical (unpaired) electrons. The number of hydrogen-bond acceptors (Lipinski definition) is 9. The van der Waals surface area contributed by atoms with Crippen LogP contribution in [0.4, 0.5) is 0 Å². The maximum absolute atomic E-state index is 13.4. The number of nitrogens with two attached hydrogens (primary N) is 1. The molecule has 216 valence electrons. The lowest BCUT2D eigenvalue weighted by Crippen LogP contribution is -2.26. The summed E-state index contributed by atoms with van der Waals surface area (Å²) >= 11 is 1.83. The van der Waals surface area contributed by atoms with E-state index in [1.54, 1.807) is 10.6 Å². The van der Waals surface area contributed by atoms with Crippen LogP contribution in [0.5, 0.6) is 11.5 Å². The second-order valence-corrected chi connectivity index (χ2v) is 10.3. The van der Waals surface area contributed by atoms with Crippen molar-refractivity contribution in [2.75, 3.05) is 25.9 Å². The molecule has 0 fully saturated rings. The molecule has 2 aliphatic rings. The van der Waals surface area contributed by atoms with Crippen LogP contribution in [0.1, 0.15) is 61.5 Å². The topological polar surface area (TPSA) is 143 Å². The Hall–Kier alpha value is -3.41. The first-order valence-corrected chi connectivity index (χ1v) is 14.6. The summed E-state index contributed by atoms with van der Waals surface area (Å²) in [7, 11) is 1.48. The van der Waals surface area contributed by atoms with Gasteiger partial charge in [-0.05, 0) is 49.0 Å². The standard InChI is InChI=1S/C25H26N2O6S.C3H8.CH3NO/c1-31-12-18-16(21(29)11-28)7-20-24-17(10-27(20)25(18)30)14(5-3-4-6-34-2)15-8-22-23(33-13-32-22)9-19(15)26-24;1-3-2;2-1-3/h7-9,11,21,29H,3-6,10,12-13H2,1-2H3;3H2,1-2H3;1H,(H2,2,3). The number of unbranched alkanes of at least 4 members (excludes halogenated alkanes) is 1. The van der Waals surface area contributed by atoms with Crippen molar-refractivity contribution in [3.8, 4) is 22.9 Å². The first-order valence-electron chi connectivity index (χ1n) is 13.2. The van der Waals surface area contributed by atoms with Gasteiger partial charge in [0.1, 0.15) is 6.10 Å². The molecule has 3 aromatic rings. The minimum Gasteiger partial charge on any atom is -0.454 e. The van der Waals surface area contributed by atoms with Crippen LogP contribution in [0.25, 0.3) is 22.3 Å². The molecule has 0 saturated heterocycles. The number of aliphatic hydroxyl groups excluding tert-OH is 1. The summed E-state index contributed by atoms with van der Waals surface area (Å²) in [5.41, 5.74) is 8.64. The highest BCUT2D eigenvalue weighted by Crippen LogP contribution is 2.42. The lowest BCUT2D eigenvalue weighted by atomic mass is 9.95. The minimum atomic E-state index is -1.41. The number of amides is 1. The third-order valence-electron chi connectivity index (χ3n) is 6.45. The maximum atomic E-state index is 13.4. The number of pyridine rings is 2. The van der Waals surface area contributed by atoms with Gasteiger partial charge in [0, 0.05) is 35.3 Å². The fourth-order valence-corrected chi connectivity index (χ4v) is 5.31. The number of rotatable bonds is 9. The molecular formula is C29H37N3O7S. The van der Waals surface area contributed by atoms with E-state index in [1.165, 1.54) is 13.5 Å². The number of fused-ring (bicyclic) bond motifs is 5. The molecule has 1 aromatic carbocycles. The van der Waals surface area contributed by atoms with Crippen LogP contribution in [-0.4, -0.2) is 53.3 Å². The first kappa shape index (κ1) is 31.1. The zero-order valence-corrected chi connectivity index (χ0v) is 24.2. The summed E-state index contributed by atoms with van der Waals surface area (Å²) < 4.78 is 18.1. The van der Waals surface area contributed by atoms with Crippen LogP contribution in [0.3, 0.4) is 0 Å². The summed E-state index contributed by atoms with van der Waals surface area (Å²) in [5.74, 6) is 2.44. The molecule has 3 N–H and O–H groups in total. The fraction of sp³-hybridized carbons (Fsp3) is 0.448. The number of carbonyl (C=O) groups is 2. The van der Waals surface area contributed by atoms with Crippen molar-refractivity contribution in [3.05, 3.63) is 50.8 Å². The highest BCUT2D eigenvalue weighted by molar-refractivity contribution is 7.98. The van der Waals surface area contributed by atoms with Crippen LogP contribution in [0.15, 0.2) is 23.0 Å². The Morgan fingerprint density at radius 1 is 1.18 bits per heavy atom. The van der Waals surface area contributed by atoms with Gasteiger partial charge in [0.05, 0.1) is 30.1 Å². The molecule has 1 unspecified atom stereocenters. The average molecular weight is 572 g/mol. The zero-order chi connectivity index (χ0) is 29.2. The normalized spacial score (nSPS) is 12.9. The second-order valence-electron chi connectivity index (χ2n) is 9.30. The lowest BCUT2D eigenvalue weighted by molar-refractivity contribution is -0.115. The predicted molar refractivity (Wildman–Crippen MR) is 156 cm³/mol. The molecule has 40 heavy (non-hydrogen) atoms. The van der Waals surface area contributed by atoms with E-state index in [-0.39, 0.29) is 36.5 Å². The van der Waals surface area contributed by atoms with E-state index in [0.29, 0.717) is 35.7 Å². The molecule has 0 aliphatic carbocycles. The Balaban J connectivity index is 0.000000676. The van der Waals surface area contributed by atoms with Gasteiger partial charge in [0.25, 0.3) is 5.56 Å². The molecule has 0 bridgehead atoms. The van der Waals surface area contributed by atoms with Gasteiger partial charge in [0.15, 0.2) is 17.8 Å². The number of methoxy groups -OCH3 is 1. The minimum absolute atomic E-state index is 0.00797. The third-order valence-corrected chi connectivity index (χ3v) is 7.15. The smallest absolute Gasteiger partial charge is 0.257 e. The maximum Gasteiger partial charge on any atom is 0.257 e. The molecule has 2 aromatic heterocycles. The number of benzene rings is 1. The Kier molecular flexibility index (Phi) is 11.5. The summed E-state index contributed by atoms with van der Waals surface area (Å²) in [6.45, 7) is 4.82. The van der Waals surface area contributed by atoms with E-state index in [1.807, 2.05) is 23.9 Å². The number of carbonyl (C=O) groups excluding carboxylic acids is 2. The number of primary amides is 1. The molecule has 1 atom stereocenters. The van der Waals surface area contributed by atoms with Crippen molar-refractivity contribution in [3.63, 3.8) is 0 Å². The van der Waals surface area contributed by atoms with Crippen LogP contribution in [-0.2, 0) is 33.9 Å². The molecule has 11 heteroatoms. The van der Waals surface area contributed by atoms with Crippen molar-refractivity contribution < 1.29 is 28.9 Å². The number of aliphatic hydroxyl groups is 1. The Morgan fingerprint density at radius 3 is 2.48 bits per heavy atom. The van der Waals surface area contributed by atoms with Crippen LogP contribution in [0.2, 0.25) is 0 Å². The lowest BCUT2D eigenvalue weighted by Gasteiger charge is -2.14. The predicted octanol–water partition coefficient (Wildman–Crippen LogP) is 3.74. The quantitative estimate of drug-likeness (QED) is 0.227. The number of aldehydes is 1. The molecule has 10 nitrogen and oxygen atoms in total. The van der Waals surface area contributed by atoms with E-state index < -0.39 is 6.10 Å². The number of nitrogens with zero attached hydrogens (tertiary/aromatic N) is 2. The second kappa shape index (κ2) is 14.8. The van der Waals surface area contributed by atoms with E-state index in [0.717, 1.165) is 47.0 Å². The van der Waals surface area contributed by atoms with Crippen molar-refractivity contribution in [2.45, 2.75) is 58.8 Å². The molecule has 5 rings (SSSR count). The van der Waals surface area contributed by atoms with E-state index in [4.69, 9.17) is 24.0 Å². The highest BCUT2D eigenvalue weighted by Gasteiger charge is 2.30. The molecule has 0 saturated carbocycles. The van der Waals surface area contributed by atoms with Gasteiger partial charge in [-0.2, -0.15) is 11.8 Å². The monoisotopic (exact) mass is 571 g/mol. The van der Waals surface area contributed by atoms with E-state index in [2.05, 4.69) is 25.8 Å². The van der Waals surface area contributed by atoms with Gasteiger partial charge >= 0.3 is 0 Å². The van der Waals surface area contributed by atoms with Gasteiger partial charge in [-0.3, -0.25) is 9.59 Å². The summed E-state index contributed by atoms with van der Waals surface area (Å²) in [6, 6.07) is 5.56. The van der Waals surface area contributed by atoms with E-state index in [9.17, 15) is 14.7 Å². The Bertz CT molecular complexity index is 1410. The van der Waals surface area contributed by atoms with Crippen molar-refractivity contribution in [1.29, 1.82) is 0 Å². The first-order chi connectivity index (χ1) is 19.4. The van der Waals surface area contributed by atoms with Crippen LogP contribution < -0.4 is 20.8 Å². The number of aryl methyl sites for hydroxylation is 1. The largest absolute Gasteiger partial charge is 0.454 e. The highest BCUT2D eigenvalue weighted by atomic mass is 32.2. The number of ether oxygens (including phenoxy) is 3. The van der Waals surface area contributed by atoms with Crippen molar-refractivity contribution in [2.24, 2.45) is 5.73 Å². The molecule has 1 amide bonds. The SMILES string of the molecule is CCC.COCc1c(C(O)C=O)cc2n(c1=O)Cc1c-2nc2cc3c(cc2c1CCCCSC)OCO3.NC=O. The molecule has 2 aliphatic heterocycles. The van der Waals surface area contributed by atoms with Gasteiger partial charge in [0.2, 0.25) is 13.2 Å². The zero-order valence-electron chi connectivity index (χ0n) is 23.4. The molecular weight excluding hydrogens is 534 g/mol. The Labute approximate surface area is 237 Å². The number of thioether (sulfide) groups is 1. The fourth-order valence-electron chi connectivity index (χ4n) is 4.82. The Morgan fingerprint density at radius 2 is 1.85 bits per heavy atom.